The van der Waals surface area contributed by atoms with Crippen molar-refractivity contribution in [1.82, 2.24) is 15.5 Å². The van der Waals surface area contributed by atoms with E-state index in [2.05, 4.69) is 17.6 Å². The highest BCUT2D eigenvalue weighted by atomic mass is 32.2. The van der Waals surface area contributed by atoms with Gasteiger partial charge in [-0.15, -0.1) is 0 Å². The molecule has 104 valence electrons. The third-order valence-electron chi connectivity index (χ3n) is 2.88. The third kappa shape index (κ3) is 5.27. The Labute approximate surface area is 113 Å². The van der Waals surface area contributed by atoms with Gasteiger partial charge in [-0.1, -0.05) is 6.92 Å². The Bertz CT molecular complexity index is 280. The smallest absolute Gasteiger partial charge is 0.311 e. The Morgan fingerprint density at radius 1 is 1.39 bits per heavy atom. The number of nitrogens with one attached hydrogen (secondary N) is 2. The van der Waals surface area contributed by atoms with Crippen molar-refractivity contribution in [2.45, 2.75) is 26.3 Å². The van der Waals surface area contributed by atoms with Crippen LogP contribution in [0.2, 0.25) is 0 Å². The largest absolute Gasteiger partial charge is 0.345 e. The number of carbonyl (C=O) groups excluding carboxylic acids is 2. The molecule has 5 nitrogen and oxygen atoms in total. The van der Waals surface area contributed by atoms with Crippen LogP contribution >= 0.6 is 11.8 Å². The molecule has 2 N–H and O–H groups in total. The molecule has 6 heteroatoms. The second-order valence-electron chi connectivity index (χ2n) is 4.40. The van der Waals surface area contributed by atoms with E-state index in [1.807, 2.05) is 18.7 Å². The first-order chi connectivity index (χ1) is 8.65. The first kappa shape index (κ1) is 15.3. The highest BCUT2D eigenvalue weighted by Crippen LogP contribution is 2.04. The quantitative estimate of drug-likeness (QED) is 0.549. The molecule has 1 atom stereocenters. The molecular formula is C12H23N3O2S. The lowest BCUT2D eigenvalue weighted by Gasteiger charge is -2.27. The van der Waals surface area contributed by atoms with E-state index in [0.717, 1.165) is 31.0 Å². The van der Waals surface area contributed by atoms with Crippen molar-refractivity contribution in [3.05, 3.63) is 0 Å². The van der Waals surface area contributed by atoms with Crippen molar-refractivity contribution < 1.29 is 9.59 Å². The van der Waals surface area contributed by atoms with E-state index in [0.29, 0.717) is 13.1 Å². The number of carbonyl (C=O) groups is 2. The molecule has 2 amide bonds. The van der Waals surface area contributed by atoms with Gasteiger partial charge in [0.05, 0.1) is 0 Å². The van der Waals surface area contributed by atoms with Gasteiger partial charge in [-0.05, 0) is 24.9 Å². The summed E-state index contributed by atoms with van der Waals surface area (Å²) in [6.07, 6.45) is 0.902. The van der Waals surface area contributed by atoms with Crippen LogP contribution in [0.1, 0.15) is 20.3 Å². The molecule has 0 spiro atoms. The maximum Gasteiger partial charge on any atom is 0.311 e. The van der Waals surface area contributed by atoms with Gasteiger partial charge in [-0.2, -0.15) is 11.8 Å². The van der Waals surface area contributed by atoms with E-state index >= 15 is 0 Å². The number of piperazine rings is 1. The lowest BCUT2D eigenvalue weighted by Crippen LogP contribution is -2.52. The summed E-state index contributed by atoms with van der Waals surface area (Å²) >= 11 is 1.85. The highest BCUT2D eigenvalue weighted by molar-refractivity contribution is 7.99. The number of nitrogens with zero attached hydrogens (tertiary/aromatic N) is 1. The molecule has 18 heavy (non-hydrogen) atoms. The molecule has 1 rings (SSSR count). The monoisotopic (exact) mass is 273 g/mol. The van der Waals surface area contributed by atoms with Crippen LogP contribution in [0.25, 0.3) is 0 Å². The zero-order valence-electron chi connectivity index (χ0n) is 11.2. The first-order valence-electron chi connectivity index (χ1n) is 6.53. The van der Waals surface area contributed by atoms with E-state index in [-0.39, 0.29) is 6.04 Å². The molecule has 0 aliphatic carbocycles. The lowest BCUT2D eigenvalue weighted by atomic mass is 10.2. The summed E-state index contributed by atoms with van der Waals surface area (Å²) in [5, 5.41) is 5.93. The minimum atomic E-state index is -0.467. The second-order valence-corrected chi connectivity index (χ2v) is 5.80. The summed E-state index contributed by atoms with van der Waals surface area (Å²) in [6.45, 7) is 6.82. The van der Waals surface area contributed by atoms with Crippen molar-refractivity contribution in [3.63, 3.8) is 0 Å². The molecule has 1 unspecified atom stereocenters. The normalized spacial score (nSPS) is 17.3. The van der Waals surface area contributed by atoms with E-state index < -0.39 is 11.8 Å². The van der Waals surface area contributed by atoms with Crippen molar-refractivity contribution >= 4 is 23.6 Å². The summed E-state index contributed by atoms with van der Waals surface area (Å²) in [5.41, 5.74) is 0. The molecule has 0 saturated carbocycles. The molecule has 0 radical (unpaired) electrons. The summed E-state index contributed by atoms with van der Waals surface area (Å²) < 4.78 is 0. The maximum atomic E-state index is 11.8. The standard InChI is InChI=1S/C12H23N3O2S/c1-3-18-9-4-10(2)14-11(16)12(17)15-7-5-13-6-8-15/h10,13H,3-9H2,1-2H3,(H,14,16). The third-order valence-corrected chi connectivity index (χ3v) is 3.81. The summed E-state index contributed by atoms with van der Waals surface area (Å²) in [7, 11) is 0. The van der Waals surface area contributed by atoms with Gasteiger partial charge >= 0.3 is 11.8 Å². The minimum Gasteiger partial charge on any atom is -0.345 e. The molecule has 0 aromatic rings. The number of amides is 2. The van der Waals surface area contributed by atoms with Crippen molar-refractivity contribution in [1.29, 1.82) is 0 Å². The van der Waals surface area contributed by atoms with Crippen molar-refractivity contribution in [2.24, 2.45) is 0 Å². The predicted molar refractivity (Wildman–Crippen MR) is 74.7 cm³/mol. The molecule has 1 fully saturated rings. The molecule has 1 aliphatic heterocycles. The van der Waals surface area contributed by atoms with Crippen LogP contribution in [0.3, 0.4) is 0 Å². The molecule has 1 heterocycles. The van der Waals surface area contributed by atoms with Gasteiger partial charge in [-0.3, -0.25) is 9.59 Å². The van der Waals surface area contributed by atoms with Crippen molar-refractivity contribution in [3.8, 4) is 0 Å². The van der Waals surface area contributed by atoms with Gasteiger partial charge in [0.25, 0.3) is 0 Å². The summed E-state index contributed by atoms with van der Waals surface area (Å²) in [4.78, 5) is 25.2. The van der Waals surface area contributed by atoms with Gasteiger partial charge in [0.1, 0.15) is 0 Å². The van der Waals surface area contributed by atoms with Crippen LogP contribution in [-0.2, 0) is 9.59 Å². The van der Waals surface area contributed by atoms with Gasteiger partial charge in [-0.25, -0.2) is 0 Å². The molecule has 0 aromatic carbocycles. The molecule has 0 aromatic heterocycles. The zero-order valence-corrected chi connectivity index (χ0v) is 12.0. The van der Waals surface area contributed by atoms with Gasteiger partial charge in [0.2, 0.25) is 0 Å². The Balaban J connectivity index is 2.27. The van der Waals surface area contributed by atoms with E-state index in [1.165, 1.54) is 0 Å². The fourth-order valence-corrected chi connectivity index (χ4v) is 2.58. The number of hydrogen-bond acceptors (Lipinski definition) is 4. The Kier molecular flexibility index (Phi) is 7.12. The number of thioether (sulfide) groups is 1. The van der Waals surface area contributed by atoms with Gasteiger partial charge < -0.3 is 15.5 Å². The predicted octanol–water partition coefficient (Wildman–Crippen LogP) is 0.0661. The van der Waals surface area contributed by atoms with Gasteiger partial charge in [0.15, 0.2) is 0 Å². The van der Waals surface area contributed by atoms with Crippen LogP contribution in [0.15, 0.2) is 0 Å². The number of rotatable bonds is 5. The molecule has 1 saturated heterocycles. The topological polar surface area (TPSA) is 61.4 Å². The van der Waals surface area contributed by atoms with Crippen LogP contribution in [0.5, 0.6) is 0 Å². The lowest BCUT2D eigenvalue weighted by molar-refractivity contribution is -0.146. The van der Waals surface area contributed by atoms with Crippen LogP contribution < -0.4 is 10.6 Å². The molecule has 1 aliphatic rings. The molecule has 0 bridgehead atoms. The van der Waals surface area contributed by atoms with Crippen LogP contribution in [0.4, 0.5) is 0 Å². The summed E-state index contributed by atoms with van der Waals surface area (Å²) in [5.74, 6) is 1.23. The Morgan fingerprint density at radius 2 is 2.06 bits per heavy atom. The highest BCUT2D eigenvalue weighted by Gasteiger charge is 2.23. The van der Waals surface area contributed by atoms with Crippen LogP contribution in [-0.4, -0.2) is 60.4 Å². The SMILES string of the molecule is CCSCCC(C)NC(=O)C(=O)N1CCNCC1. The van der Waals surface area contributed by atoms with E-state index in [1.54, 1.807) is 4.90 Å². The van der Waals surface area contributed by atoms with Crippen LogP contribution in [0, 0.1) is 0 Å². The Hall–Kier alpha value is -0.750. The van der Waals surface area contributed by atoms with Gasteiger partial charge in [0, 0.05) is 32.2 Å². The minimum absolute atomic E-state index is 0.0587. The fraction of sp³-hybridized carbons (Fsp3) is 0.833. The first-order valence-corrected chi connectivity index (χ1v) is 7.68. The fourth-order valence-electron chi connectivity index (χ4n) is 1.77. The Morgan fingerprint density at radius 3 is 2.67 bits per heavy atom. The number of hydrogen-bond donors (Lipinski definition) is 2. The zero-order chi connectivity index (χ0) is 13.4. The van der Waals surface area contributed by atoms with Crippen molar-refractivity contribution in [2.75, 3.05) is 37.7 Å². The average Bonchev–Trinajstić information content (AvgIpc) is 2.39. The average molecular weight is 273 g/mol. The maximum absolute atomic E-state index is 11.8. The second kappa shape index (κ2) is 8.37. The van der Waals surface area contributed by atoms with E-state index in [9.17, 15) is 9.59 Å². The van der Waals surface area contributed by atoms with E-state index in [4.69, 9.17) is 0 Å². The summed E-state index contributed by atoms with van der Waals surface area (Å²) in [6, 6.07) is 0.0587. The molecular weight excluding hydrogens is 250 g/mol.